The van der Waals surface area contributed by atoms with Crippen molar-refractivity contribution in [2.24, 2.45) is 0 Å². The zero-order valence-electron chi connectivity index (χ0n) is 15.5. The minimum Gasteiger partial charge on any atom is -0.493 e. The summed E-state index contributed by atoms with van der Waals surface area (Å²) in [5.41, 5.74) is 7.38. The Morgan fingerprint density at radius 2 is 2.36 bits per heavy atom. The summed E-state index contributed by atoms with van der Waals surface area (Å²) >= 11 is 6.14. The molecule has 0 spiro atoms. The summed E-state index contributed by atoms with van der Waals surface area (Å²) in [5, 5.41) is 15.9. The number of carbonyl (C=O) groups excluding carboxylic acids is 1. The maximum atomic E-state index is 14.9. The third kappa shape index (κ3) is 3.20. The number of nitrogen functional groups attached to an aromatic ring is 1. The van der Waals surface area contributed by atoms with Crippen LogP contribution < -0.4 is 15.8 Å². The van der Waals surface area contributed by atoms with E-state index < -0.39 is 24.1 Å². The van der Waals surface area contributed by atoms with Gasteiger partial charge in [0.1, 0.15) is 23.2 Å². The Balaban J connectivity index is 2.19. The number of halogens is 2. The van der Waals surface area contributed by atoms with Crippen LogP contribution in [-0.2, 0) is 4.74 Å². The van der Waals surface area contributed by atoms with Gasteiger partial charge in [-0.15, -0.1) is 0 Å². The number of nitrogens with zero attached hydrogens (tertiary/aromatic N) is 3. The van der Waals surface area contributed by atoms with Crippen molar-refractivity contribution >= 4 is 23.5 Å². The molecule has 1 aliphatic heterocycles. The number of cyclic esters (lactones) is 1. The number of rotatable bonds is 5. The number of nitriles is 1. The fourth-order valence-electron chi connectivity index (χ4n) is 3.23. The first-order chi connectivity index (χ1) is 13.3. The fourth-order valence-corrected chi connectivity index (χ4v) is 3.45. The van der Waals surface area contributed by atoms with Crippen molar-refractivity contribution in [2.75, 3.05) is 18.9 Å². The molecule has 0 bridgehead atoms. The molecular weight excluding hydrogens is 389 g/mol. The highest BCUT2D eigenvalue weighted by molar-refractivity contribution is 6.31. The van der Waals surface area contributed by atoms with E-state index in [4.69, 9.17) is 26.8 Å². The summed E-state index contributed by atoms with van der Waals surface area (Å²) < 4.78 is 27.2. The number of benzene rings is 1. The summed E-state index contributed by atoms with van der Waals surface area (Å²) in [6, 6.07) is 2.93. The molecule has 1 aromatic carbocycles. The Morgan fingerprint density at radius 3 is 2.89 bits per heavy atom. The van der Waals surface area contributed by atoms with Crippen LogP contribution in [0.15, 0.2) is 6.07 Å². The molecule has 3 rings (SSSR count). The number of alkyl carbamates (subject to hydrolysis) is 1. The van der Waals surface area contributed by atoms with Crippen LogP contribution in [0.4, 0.5) is 15.0 Å². The van der Waals surface area contributed by atoms with Gasteiger partial charge in [0, 0.05) is 5.56 Å². The molecule has 0 saturated carbocycles. The predicted molar refractivity (Wildman–Crippen MR) is 99.7 cm³/mol. The Kier molecular flexibility index (Phi) is 5.34. The Morgan fingerprint density at radius 1 is 1.64 bits per heavy atom. The fraction of sp³-hybridized carbons (Fsp3) is 0.389. The van der Waals surface area contributed by atoms with Gasteiger partial charge in [0.25, 0.3) is 0 Å². The quantitative estimate of drug-likeness (QED) is 0.786. The van der Waals surface area contributed by atoms with E-state index in [9.17, 15) is 14.4 Å². The molecule has 1 fully saturated rings. The van der Waals surface area contributed by atoms with Crippen LogP contribution in [0.25, 0.3) is 0 Å². The summed E-state index contributed by atoms with van der Waals surface area (Å²) in [4.78, 5) is 11.5. The van der Waals surface area contributed by atoms with E-state index in [0.29, 0.717) is 11.3 Å². The average Bonchev–Trinajstić information content (AvgIpc) is 3.20. The highest BCUT2D eigenvalue weighted by Gasteiger charge is 2.34. The molecule has 1 amide bonds. The lowest BCUT2D eigenvalue weighted by Crippen LogP contribution is -2.17. The van der Waals surface area contributed by atoms with Crippen molar-refractivity contribution in [2.45, 2.75) is 32.9 Å². The van der Waals surface area contributed by atoms with E-state index in [1.165, 1.54) is 10.7 Å². The molecule has 1 saturated heterocycles. The summed E-state index contributed by atoms with van der Waals surface area (Å²) in [5.74, 6) is -0.319. The number of hydrogen-bond donors (Lipinski definition) is 2. The van der Waals surface area contributed by atoms with Crippen molar-refractivity contribution in [3.63, 3.8) is 0 Å². The lowest BCUT2D eigenvalue weighted by Gasteiger charge is -2.23. The van der Waals surface area contributed by atoms with Gasteiger partial charge in [-0.25, -0.2) is 13.9 Å². The molecule has 2 aromatic rings. The summed E-state index contributed by atoms with van der Waals surface area (Å²) in [7, 11) is 0. The Labute approximate surface area is 166 Å². The Hall–Kier alpha value is -2.99. The minimum absolute atomic E-state index is 0.0532. The van der Waals surface area contributed by atoms with Gasteiger partial charge < -0.3 is 20.5 Å². The normalized spacial score (nSPS) is 17.0. The molecule has 0 radical (unpaired) electrons. The first kappa shape index (κ1) is 19.8. The molecule has 3 N–H and O–H groups in total. The van der Waals surface area contributed by atoms with Gasteiger partial charge >= 0.3 is 6.09 Å². The molecule has 1 aromatic heterocycles. The van der Waals surface area contributed by atoms with Gasteiger partial charge in [-0.05, 0) is 26.8 Å². The second-order valence-corrected chi connectivity index (χ2v) is 6.70. The second-order valence-electron chi connectivity index (χ2n) is 6.29. The van der Waals surface area contributed by atoms with Gasteiger partial charge in [-0.2, -0.15) is 10.4 Å². The van der Waals surface area contributed by atoms with E-state index in [2.05, 4.69) is 10.4 Å². The third-order valence-corrected chi connectivity index (χ3v) is 4.85. The number of amides is 1. The number of aromatic nitrogens is 2. The molecule has 10 heteroatoms. The topological polar surface area (TPSA) is 115 Å². The predicted octanol–water partition coefficient (Wildman–Crippen LogP) is 3.23. The monoisotopic (exact) mass is 407 g/mol. The van der Waals surface area contributed by atoms with Crippen LogP contribution in [0.2, 0.25) is 5.02 Å². The van der Waals surface area contributed by atoms with Gasteiger partial charge in [-0.3, -0.25) is 0 Å². The van der Waals surface area contributed by atoms with Gasteiger partial charge in [-0.1, -0.05) is 11.6 Å². The summed E-state index contributed by atoms with van der Waals surface area (Å²) in [6.45, 7) is 5.54. The van der Waals surface area contributed by atoms with E-state index in [-0.39, 0.29) is 40.9 Å². The zero-order valence-corrected chi connectivity index (χ0v) is 16.3. The standard InChI is InChI=1S/C18H19ClFN5O3/c1-4-27-16-10(9(3)25-17(22)11(6-21)8(2)24-25)5-12(19)15(20)14(16)13-7-23-18(26)28-13/h5,9,13H,4,7,22H2,1-3H3,(H,23,26)/t9-,13?/m0/s1. The van der Waals surface area contributed by atoms with Crippen molar-refractivity contribution in [3.05, 3.63) is 39.3 Å². The zero-order chi connectivity index (χ0) is 20.6. The van der Waals surface area contributed by atoms with Crippen molar-refractivity contribution < 1.29 is 18.7 Å². The Bertz CT molecular complexity index is 985. The lowest BCUT2D eigenvalue weighted by atomic mass is 9.99. The average molecular weight is 408 g/mol. The number of anilines is 1. The van der Waals surface area contributed by atoms with E-state index in [0.717, 1.165) is 0 Å². The molecule has 0 aliphatic carbocycles. The van der Waals surface area contributed by atoms with Crippen molar-refractivity contribution in [1.29, 1.82) is 5.26 Å². The van der Waals surface area contributed by atoms with E-state index >= 15 is 0 Å². The van der Waals surface area contributed by atoms with Crippen LogP contribution in [0, 0.1) is 24.1 Å². The van der Waals surface area contributed by atoms with E-state index in [1.54, 1.807) is 20.8 Å². The number of nitrogens with one attached hydrogen (secondary N) is 1. The highest BCUT2D eigenvalue weighted by atomic mass is 35.5. The molecule has 8 nitrogen and oxygen atoms in total. The molecular formula is C18H19ClFN5O3. The van der Waals surface area contributed by atoms with Crippen LogP contribution >= 0.6 is 11.6 Å². The smallest absolute Gasteiger partial charge is 0.407 e. The number of carbonyl (C=O) groups is 1. The van der Waals surface area contributed by atoms with E-state index in [1.807, 2.05) is 6.07 Å². The molecule has 1 aliphatic rings. The molecule has 148 valence electrons. The minimum atomic E-state index is -0.884. The number of aryl methyl sites for hydroxylation is 1. The van der Waals surface area contributed by atoms with Crippen LogP contribution in [0.1, 0.15) is 48.4 Å². The molecule has 28 heavy (non-hydrogen) atoms. The maximum Gasteiger partial charge on any atom is 0.407 e. The molecule has 2 heterocycles. The molecule has 2 atom stereocenters. The second kappa shape index (κ2) is 7.56. The van der Waals surface area contributed by atoms with Gasteiger partial charge in [0.15, 0.2) is 11.9 Å². The highest BCUT2D eigenvalue weighted by Crippen LogP contribution is 2.42. The van der Waals surface area contributed by atoms with Crippen LogP contribution in [-0.4, -0.2) is 29.0 Å². The first-order valence-electron chi connectivity index (χ1n) is 8.63. The van der Waals surface area contributed by atoms with Crippen molar-refractivity contribution in [3.8, 4) is 11.8 Å². The number of nitrogens with two attached hydrogens (primary N) is 1. The largest absolute Gasteiger partial charge is 0.493 e. The van der Waals surface area contributed by atoms with Gasteiger partial charge in [0.05, 0.1) is 35.5 Å². The van der Waals surface area contributed by atoms with Gasteiger partial charge in [0.2, 0.25) is 0 Å². The maximum absolute atomic E-state index is 14.9. The first-order valence-corrected chi connectivity index (χ1v) is 9.01. The SMILES string of the molecule is CCOc1c([C@H](C)n2nc(C)c(C#N)c2N)cc(Cl)c(F)c1C1CNC(=O)O1. The third-order valence-electron chi connectivity index (χ3n) is 4.58. The molecule has 1 unspecified atom stereocenters. The van der Waals surface area contributed by atoms with Crippen LogP contribution in [0.5, 0.6) is 5.75 Å². The van der Waals surface area contributed by atoms with Crippen molar-refractivity contribution in [1.82, 2.24) is 15.1 Å². The van der Waals surface area contributed by atoms with Crippen LogP contribution in [0.3, 0.4) is 0 Å². The lowest BCUT2D eigenvalue weighted by molar-refractivity contribution is 0.137. The summed E-state index contributed by atoms with van der Waals surface area (Å²) in [6.07, 6.45) is -1.53. The number of ether oxygens (including phenoxy) is 2. The number of hydrogen-bond acceptors (Lipinski definition) is 6.